The third kappa shape index (κ3) is 2.44. The summed E-state index contributed by atoms with van der Waals surface area (Å²) in [4.78, 5) is 2.52. The van der Waals surface area contributed by atoms with Crippen LogP contribution in [0.25, 0.3) is 0 Å². The highest BCUT2D eigenvalue weighted by Crippen LogP contribution is 2.62. The van der Waals surface area contributed by atoms with Gasteiger partial charge in [-0.25, -0.2) is 0 Å². The van der Waals surface area contributed by atoms with Crippen LogP contribution in [0.5, 0.6) is 0 Å². The molecule has 1 atom stereocenters. The van der Waals surface area contributed by atoms with E-state index in [4.69, 9.17) is 5.11 Å². The largest absolute Gasteiger partial charge is 0.396 e. The maximum Gasteiger partial charge on any atom is 0.184 e. The summed E-state index contributed by atoms with van der Waals surface area (Å²) in [5.41, 5.74) is 3.98. The number of hydrogen-bond donors (Lipinski definition) is 2. The number of aliphatic hydroxyl groups is 1. The molecule has 0 saturated heterocycles. The smallest absolute Gasteiger partial charge is 0.184 e. The summed E-state index contributed by atoms with van der Waals surface area (Å²) in [5.74, 6) is 2.93. The van der Waals surface area contributed by atoms with Gasteiger partial charge in [0, 0.05) is 18.6 Å². The van der Waals surface area contributed by atoms with E-state index >= 15 is 0 Å². The number of unbranched alkanes of at least 4 members (excludes halogenated alkanes) is 1. The average molecular weight is 324 g/mol. The van der Waals surface area contributed by atoms with Gasteiger partial charge in [-0.3, -0.25) is 5.43 Å². The summed E-state index contributed by atoms with van der Waals surface area (Å²) in [6, 6.07) is 0. The molecule has 0 aromatic carbocycles. The molecule has 2 N–H and O–H groups in total. The molecule has 1 unspecified atom stereocenters. The van der Waals surface area contributed by atoms with Gasteiger partial charge in [-0.05, 0) is 75.4 Å². The quantitative estimate of drug-likeness (QED) is 0.764. The lowest BCUT2D eigenvalue weighted by molar-refractivity contribution is -0.0937. The lowest BCUT2D eigenvalue weighted by Gasteiger charge is -2.59. The molecule has 124 valence electrons. The first-order valence-electron chi connectivity index (χ1n) is 8.99. The second-order valence-corrected chi connectivity index (χ2v) is 8.81. The van der Waals surface area contributed by atoms with Gasteiger partial charge in [0.25, 0.3) is 0 Å². The highest BCUT2D eigenvalue weighted by atomic mass is 32.2. The SMILES string of the molecule is CSC1=NNC(C23CC4CC(CC(C4)C2)C3)N1CCCCO. The Balaban J connectivity index is 1.53. The predicted octanol–water partition coefficient (Wildman–Crippen LogP) is 2.84. The summed E-state index contributed by atoms with van der Waals surface area (Å²) in [7, 11) is 0. The van der Waals surface area contributed by atoms with Gasteiger partial charge in [0.05, 0.1) is 0 Å². The Morgan fingerprint density at radius 2 is 1.82 bits per heavy atom. The Labute approximate surface area is 138 Å². The first kappa shape index (κ1) is 15.1. The first-order chi connectivity index (χ1) is 10.7. The first-order valence-corrected chi connectivity index (χ1v) is 10.2. The van der Waals surface area contributed by atoms with Crippen LogP contribution >= 0.6 is 11.8 Å². The monoisotopic (exact) mass is 323 g/mol. The molecule has 4 aliphatic carbocycles. The molecular weight excluding hydrogens is 294 g/mol. The van der Waals surface area contributed by atoms with Crippen molar-refractivity contribution >= 4 is 16.9 Å². The molecule has 4 saturated carbocycles. The molecule has 0 radical (unpaired) electrons. The summed E-state index contributed by atoms with van der Waals surface area (Å²) in [5, 5.41) is 14.9. The van der Waals surface area contributed by atoms with Crippen molar-refractivity contribution in [3.05, 3.63) is 0 Å². The van der Waals surface area contributed by atoms with E-state index in [0.29, 0.717) is 18.2 Å². The second kappa shape index (κ2) is 5.90. The van der Waals surface area contributed by atoms with Crippen molar-refractivity contribution in [1.29, 1.82) is 0 Å². The number of nitrogens with one attached hydrogen (secondary N) is 1. The predicted molar refractivity (Wildman–Crippen MR) is 91.5 cm³/mol. The minimum absolute atomic E-state index is 0.301. The molecule has 4 bridgehead atoms. The van der Waals surface area contributed by atoms with E-state index in [2.05, 4.69) is 21.7 Å². The van der Waals surface area contributed by atoms with Gasteiger partial charge >= 0.3 is 0 Å². The topological polar surface area (TPSA) is 47.9 Å². The van der Waals surface area contributed by atoms with Crippen molar-refractivity contribution in [2.24, 2.45) is 28.3 Å². The standard InChI is InChI=1S/C17H29N3OS/c1-22-16-19-18-15(20(16)4-2-3-5-21)17-9-12-6-13(10-17)8-14(7-12)11-17/h12-15,18,21H,2-11H2,1H3. The van der Waals surface area contributed by atoms with Gasteiger partial charge in [0.1, 0.15) is 6.17 Å². The third-order valence-corrected chi connectivity index (χ3v) is 7.19. The number of amidine groups is 1. The van der Waals surface area contributed by atoms with Crippen LogP contribution in [-0.2, 0) is 0 Å². The van der Waals surface area contributed by atoms with Gasteiger partial charge in [0.2, 0.25) is 0 Å². The van der Waals surface area contributed by atoms with E-state index in [9.17, 15) is 0 Å². The number of nitrogens with zero attached hydrogens (tertiary/aromatic N) is 2. The molecule has 5 heteroatoms. The Morgan fingerprint density at radius 3 is 2.36 bits per heavy atom. The van der Waals surface area contributed by atoms with E-state index < -0.39 is 0 Å². The van der Waals surface area contributed by atoms with Gasteiger partial charge in [-0.1, -0.05) is 11.8 Å². The Kier molecular flexibility index (Phi) is 4.05. The van der Waals surface area contributed by atoms with Gasteiger partial charge in [0.15, 0.2) is 5.17 Å². The van der Waals surface area contributed by atoms with Gasteiger partial charge in [-0.2, -0.15) is 5.10 Å². The van der Waals surface area contributed by atoms with E-state index in [0.717, 1.165) is 42.3 Å². The van der Waals surface area contributed by atoms with Crippen molar-refractivity contribution in [3.8, 4) is 0 Å². The van der Waals surface area contributed by atoms with E-state index in [-0.39, 0.29) is 0 Å². The average Bonchev–Trinajstić information content (AvgIpc) is 2.90. The summed E-state index contributed by atoms with van der Waals surface area (Å²) in [6.07, 6.45) is 13.2. The Morgan fingerprint density at radius 1 is 1.18 bits per heavy atom. The third-order valence-electron chi connectivity index (χ3n) is 6.50. The van der Waals surface area contributed by atoms with Crippen molar-refractivity contribution in [1.82, 2.24) is 10.3 Å². The normalized spacial score (nSPS) is 42.6. The molecule has 4 nitrogen and oxygen atoms in total. The summed E-state index contributed by atoms with van der Waals surface area (Å²) in [6.45, 7) is 1.33. The molecule has 1 aliphatic heterocycles. The fourth-order valence-corrected chi connectivity index (χ4v) is 6.70. The minimum Gasteiger partial charge on any atom is -0.396 e. The Bertz CT molecular complexity index is 418. The van der Waals surface area contributed by atoms with Crippen LogP contribution in [0.2, 0.25) is 0 Å². The van der Waals surface area contributed by atoms with E-state index in [1.165, 1.54) is 38.5 Å². The zero-order chi connectivity index (χ0) is 15.2. The van der Waals surface area contributed by atoms with Crippen LogP contribution < -0.4 is 5.43 Å². The zero-order valence-corrected chi connectivity index (χ0v) is 14.4. The fraction of sp³-hybridized carbons (Fsp3) is 0.941. The lowest BCUT2D eigenvalue weighted by Crippen LogP contribution is -2.59. The Hall–Kier alpha value is -0.420. The fourth-order valence-electron chi connectivity index (χ4n) is 6.12. The molecule has 5 aliphatic rings. The van der Waals surface area contributed by atoms with Crippen molar-refractivity contribution in [2.45, 2.75) is 57.5 Å². The second-order valence-electron chi connectivity index (χ2n) is 8.03. The molecular formula is C17H29N3OS. The van der Waals surface area contributed by atoms with Crippen LogP contribution in [-0.4, -0.2) is 40.7 Å². The molecule has 4 fully saturated rings. The molecule has 0 amide bonds. The lowest BCUT2D eigenvalue weighted by atomic mass is 9.48. The number of thioether (sulfide) groups is 1. The van der Waals surface area contributed by atoms with Crippen LogP contribution in [0, 0.1) is 23.2 Å². The number of rotatable bonds is 5. The summed E-state index contributed by atoms with van der Waals surface area (Å²) >= 11 is 1.76. The maximum absolute atomic E-state index is 9.09. The number of hydrazone groups is 1. The van der Waals surface area contributed by atoms with Crippen LogP contribution in [0.15, 0.2) is 5.10 Å². The number of aliphatic hydroxyl groups excluding tert-OH is 1. The van der Waals surface area contributed by atoms with Crippen LogP contribution in [0.3, 0.4) is 0 Å². The maximum atomic E-state index is 9.09. The van der Waals surface area contributed by atoms with Crippen LogP contribution in [0.1, 0.15) is 51.4 Å². The molecule has 1 heterocycles. The minimum atomic E-state index is 0.301. The molecule has 22 heavy (non-hydrogen) atoms. The van der Waals surface area contributed by atoms with Crippen LogP contribution in [0.4, 0.5) is 0 Å². The molecule has 0 spiro atoms. The van der Waals surface area contributed by atoms with E-state index in [1.807, 2.05) is 0 Å². The highest BCUT2D eigenvalue weighted by Gasteiger charge is 2.56. The highest BCUT2D eigenvalue weighted by molar-refractivity contribution is 8.13. The van der Waals surface area contributed by atoms with Gasteiger partial charge in [-0.15, -0.1) is 0 Å². The molecule has 5 rings (SSSR count). The van der Waals surface area contributed by atoms with Crippen molar-refractivity contribution in [2.75, 3.05) is 19.4 Å². The summed E-state index contributed by atoms with van der Waals surface area (Å²) < 4.78 is 0. The zero-order valence-electron chi connectivity index (χ0n) is 13.6. The van der Waals surface area contributed by atoms with E-state index in [1.54, 1.807) is 11.8 Å². The van der Waals surface area contributed by atoms with Gasteiger partial charge < -0.3 is 10.0 Å². The number of hydrogen-bond acceptors (Lipinski definition) is 5. The molecule has 0 aromatic rings. The molecule has 0 aromatic heterocycles. The van der Waals surface area contributed by atoms with Crippen molar-refractivity contribution in [3.63, 3.8) is 0 Å². The van der Waals surface area contributed by atoms with Crippen molar-refractivity contribution < 1.29 is 5.11 Å².